The highest BCUT2D eigenvalue weighted by atomic mass is 16.6. The zero-order valence-corrected chi connectivity index (χ0v) is 15.8. The first-order valence-corrected chi connectivity index (χ1v) is 8.13. The molecule has 0 aromatic carbocycles. The number of alkyl carbamates (subject to hydrolysis) is 2. The van der Waals surface area contributed by atoms with E-state index in [0.29, 0.717) is 0 Å². The van der Waals surface area contributed by atoms with Gasteiger partial charge in [-0.1, -0.05) is 13.2 Å². The molecule has 0 heterocycles. The summed E-state index contributed by atoms with van der Waals surface area (Å²) >= 11 is 0. The first kappa shape index (κ1) is 24.0. The quantitative estimate of drug-likeness (QED) is 0.233. The van der Waals surface area contributed by atoms with Gasteiger partial charge in [-0.2, -0.15) is 0 Å². The van der Waals surface area contributed by atoms with E-state index in [0.717, 1.165) is 0 Å². The number of hydrogen-bond acceptors (Lipinski definition) is 8. The van der Waals surface area contributed by atoms with E-state index in [4.69, 9.17) is 18.9 Å². The lowest BCUT2D eigenvalue weighted by atomic mass is 10.4. The summed E-state index contributed by atoms with van der Waals surface area (Å²) in [5, 5.41) is 4.74. The van der Waals surface area contributed by atoms with Crippen molar-refractivity contribution in [1.29, 1.82) is 0 Å². The standard InChI is InChI=1S/C17H26N2O8/c1-11(2)14(20)24-8-6-18-16(22)26-10-13(5)27-17(23)19-7-9-25-15(21)12(3)4/h13H,1,3,6-10H2,2,4-5H3,(H,18,22)(H,19,23). The van der Waals surface area contributed by atoms with Crippen molar-refractivity contribution < 1.29 is 38.1 Å². The average molecular weight is 386 g/mol. The maximum absolute atomic E-state index is 11.5. The van der Waals surface area contributed by atoms with Crippen LogP contribution in [0.3, 0.4) is 0 Å². The summed E-state index contributed by atoms with van der Waals surface area (Å²) in [6.07, 6.45) is -2.19. The van der Waals surface area contributed by atoms with Crippen LogP contribution in [0.15, 0.2) is 24.3 Å². The van der Waals surface area contributed by atoms with Gasteiger partial charge in [0.1, 0.15) is 25.9 Å². The summed E-state index contributed by atoms with van der Waals surface area (Å²) in [7, 11) is 0. The summed E-state index contributed by atoms with van der Waals surface area (Å²) in [4.78, 5) is 45.2. The van der Waals surface area contributed by atoms with Crippen molar-refractivity contribution in [3.05, 3.63) is 24.3 Å². The zero-order chi connectivity index (χ0) is 20.8. The smallest absolute Gasteiger partial charge is 0.407 e. The van der Waals surface area contributed by atoms with Crippen LogP contribution in [0.4, 0.5) is 9.59 Å². The number of nitrogens with one attached hydrogen (secondary N) is 2. The summed E-state index contributed by atoms with van der Waals surface area (Å²) < 4.78 is 19.4. The molecule has 27 heavy (non-hydrogen) atoms. The molecular weight excluding hydrogens is 360 g/mol. The second kappa shape index (κ2) is 13.2. The summed E-state index contributed by atoms with van der Waals surface area (Å²) in [6.45, 7) is 11.3. The molecule has 1 atom stereocenters. The number of esters is 2. The Morgan fingerprint density at radius 3 is 1.70 bits per heavy atom. The summed E-state index contributed by atoms with van der Waals surface area (Å²) in [5.41, 5.74) is 0.520. The van der Waals surface area contributed by atoms with Crippen molar-refractivity contribution in [2.45, 2.75) is 26.9 Å². The minimum Gasteiger partial charge on any atom is -0.460 e. The molecule has 0 radical (unpaired) electrons. The highest BCUT2D eigenvalue weighted by Crippen LogP contribution is 1.95. The van der Waals surface area contributed by atoms with Gasteiger partial charge in [0, 0.05) is 11.1 Å². The molecule has 10 nitrogen and oxygen atoms in total. The van der Waals surface area contributed by atoms with E-state index in [1.54, 1.807) is 0 Å². The summed E-state index contributed by atoms with van der Waals surface area (Å²) in [5.74, 6) is -1.10. The first-order valence-electron chi connectivity index (χ1n) is 8.13. The number of hydrogen-bond donors (Lipinski definition) is 2. The molecule has 2 N–H and O–H groups in total. The molecule has 0 aromatic rings. The lowest BCUT2D eigenvalue weighted by Crippen LogP contribution is -2.34. The molecule has 0 aliphatic rings. The molecule has 0 saturated heterocycles. The molecule has 0 fully saturated rings. The molecule has 0 aliphatic heterocycles. The van der Waals surface area contributed by atoms with Gasteiger partial charge in [-0.3, -0.25) is 0 Å². The van der Waals surface area contributed by atoms with Gasteiger partial charge < -0.3 is 29.6 Å². The zero-order valence-electron chi connectivity index (χ0n) is 15.8. The van der Waals surface area contributed by atoms with Crippen molar-refractivity contribution in [2.24, 2.45) is 0 Å². The van der Waals surface area contributed by atoms with Crippen molar-refractivity contribution in [2.75, 3.05) is 32.9 Å². The van der Waals surface area contributed by atoms with Gasteiger partial charge in [-0.05, 0) is 20.8 Å². The molecule has 0 spiro atoms. The minimum absolute atomic E-state index is 0.0226. The number of amides is 2. The van der Waals surface area contributed by atoms with Crippen LogP contribution in [-0.2, 0) is 28.5 Å². The predicted octanol–water partition coefficient (Wildman–Crippen LogP) is 1.07. The van der Waals surface area contributed by atoms with Gasteiger partial charge in [0.25, 0.3) is 0 Å². The Labute approximate surface area is 157 Å². The first-order chi connectivity index (χ1) is 12.6. The van der Waals surface area contributed by atoms with Crippen molar-refractivity contribution in [1.82, 2.24) is 10.6 Å². The van der Waals surface area contributed by atoms with E-state index in [1.807, 2.05) is 0 Å². The molecule has 0 aliphatic carbocycles. The van der Waals surface area contributed by atoms with Crippen LogP contribution in [0.2, 0.25) is 0 Å². The third-order valence-corrected chi connectivity index (χ3v) is 2.66. The molecule has 2 amide bonds. The highest BCUT2D eigenvalue weighted by molar-refractivity contribution is 5.87. The van der Waals surface area contributed by atoms with Gasteiger partial charge in [-0.15, -0.1) is 0 Å². The highest BCUT2D eigenvalue weighted by Gasteiger charge is 2.12. The Morgan fingerprint density at radius 2 is 1.26 bits per heavy atom. The molecule has 1 unspecified atom stereocenters. The molecule has 0 bridgehead atoms. The minimum atomic E-state index is -0.746. The fourth-order valence-electron chi connectivity index (χ4n) is 1.34. The molecule has 0 rings (SSSR count). The molecular formula is C17H26N2O8. The van der Waals surface area contributed by atoms with Gasteiger partial charge in [0.2, 0.25) is 0 Å². The monoisotopic (exact) mass is 386 g/mol. The van der Waals surface area contributed by atoms with E-state index < -0.39 is 30.2 Å². The van der Waals surface area contributed by atoms with Crippen LogP contribution in [-0.4, -0.2) is 63.1 Å². The van der Waals surface area contributed by atoms with Crippen molar-refractivity contribution >= 4 is 24.1 Å². The molecule has 10 heteroatoms. The van der Waals surface area contributed by atoms with Gasteiger partial charge in [0.05, 0.1) is 13.1 Å². The normalized spacial score (nSPS) is 10.8. The van der Waals surface area contributed by atoms with Crippen molar-refractivity contribution in [3.8, 4) is 0 Å². The van der Waals surface area contributed by atoms with Crippen LogP contribution in [0.5, 0.6) is 0 Å². The fourth-order valence-corrected chi connectivity index (χ4v) is 1.34. The lowest BCUT2D eigenvalue weighted by Gasteiger charge is -2.14. The van der Waals surface area contributed by atoms with Crippen LogP contribution in [0.25, 0.3) is 0 Å². The van der Waals surface area contributed by atoms with Crippen LogP contribution in [0.1, 0.15) is 20.8 Å². The molecule has 0 aromatic heterocycles. The Bertz CT molecular complexity index is 573. The average Bonchev–Trinajstić information content (AvgIpc) is 2.59. The largest absolute Gasteiger partial charge is 0.460 e. The molecule has 0 saturated carbocycles. The maximum Gasteiger partial charge on any atom is 0.407 e. The van der Waals surface area contributed by atoms with E-state index >= 15 is 0 Å². The summed E-state index contributed by atoms with van der Waals surface area (Å²) in [6, 6.07) is 0. The van der Waals surface area contributed by atoms with E-state index in [-0.39, 0.29) is 44.1 Å². The van der Waals surface area contributed by atoms with Crippen LogP contribution in [0, 0.1) is 0 Å². The fraction of sp³-hybridized carbons (Fsp3) is 0.529. The second-order valence-electron chi connectivity index (χ2n) is 5.50. The topological polar surface area (TPSA) is 129 Å². The third kappa shape index (κ3) is 12.9. The number of rotatable bonds is 11. The van der Waals surface area contributed by atoms with Gasteiger partial charge in [0.15, 0.2) is 0 Å². The van der Waals surface area contributed by atoms with Crippen LogP contribution >= 0.6 is 0 Å². The third-order valence-electron chi connectivity index (χ3n) is 2.66. The predicted molar refractivity (Wildman–Crippen MR) is 94.8 cm³/mol. The van der Waals surface area contributed by atoms with Crippen molar-refractivity contribution in [3.63, 3.8) is 0 Å². The number of carbonyl (C=O) groups excluding carboxylic acids is 4. The Kier molecular flexibility index (Phi) is 11.7. The van der Waals surface area contributed by atoms with E-state index in [2.05, 4.69) is 23.8 Å². The maximum atomic E-state index is 11.5. The lowest BCUT2D eigenvalue weighted by molar-refractivity contribution is -0.139. The second-order valence-corrected chi connectivity index (χ2v) is 5.50. The number of ether oxygens (including phenoxy) is 4. The Balaban J connectivity index is 3.77. The molecule has 152 valence electrons. The Morgan fingerprint density at radius 1 is 0.815 bits per heavy atom. The van der Waals surface area contributed by atoms with Gasteiger partial charge >= 0.3 is 24.1 Å². The number of carbonyl (C=O) groups is 4. The van der Waals surface area contributed by atoms with Gasteiger partial charge in [-0.25, -0.2) is 19.2 Å². The van der Waals surface area contributed by atoms with Crippen LogP contribution < -0.4 is 10.6 Å². The van der Waals surface area contributed by atoms with E-state index in [9.17, 15) is 19.2 Å². The Hall–Kier alpha value is -3.04. The SMILES string of the molecule is C=C(C)C(=O)OCCNC(=O)OCC(C)OC(=O)NCCOC(=O)C(=C)C. The van der Waals surface area contributed by atoms with E-state index in [1.165, 1.54) is 20.8 Å².